The van der Waals surface area contributed by atoms with Crippen molar-refractivity contribution < 1.29 is 8.42 Å². The first-order chi connectivity index (χ1) is 5.97. The summed E-state index contributed by atoms with van der Waals surface area (Å²) in [6, 6.07) is 4.81. The first kappa shape index (κ1) is 10.8. The lowest BCUT2D eigenvalue weighted by Crippen LogP contribution is -2.06. The lowest BCUT2D eigenvalue weighted by atomic mass is 10.3. The molecular weight excluding hydrogens is 301 g/mol. The summed E-state index contributed by atoms with van der Waals surface area (Å²) < 4.78 is 23.7. The third kappa shape index (κ3) is 2.34. The van der Waals surface area contributed by atoms with Crippen LogP contribution in [0.1, 0.15) is 6.92 Å². The minimum atomic E-state index is -3.11. The fourth-order valence-corrected chi connectivity index (χ4v) is 3.41. The molecule has 5 heteroatoms. The molecule has 13 heavy (non-hydrogen) atoms. The van der Waals surface area contributed by atoms with E-state index >= 15 is 0 Å². The smallest absolute Gasteiger partial charge is 0.179 e. The first-order valence-corrected chi connectivity index (χ1v) is 6.48. The number of anilines is 1. The Bertz CT molecular complexity index is 414. The molecule has 2 N–H and O–H groups in total. The molecule has 0 aliphatic rings. The predicted octanol–water partition coefficient (Wildman–Crippen LogP) is 1.67. The SMILES string of the molecule is CCS(=O)(=O)c1ccc(N)cc1I. The second-order valence-electron chi connectivity index (χ2n) is 2.59. The summed E-state index contributed by atoms with van der Waals surface area (Å²) >= 11 is 1.98. The van der Waals surface area contributed by atoms with Crippen molar-refractivity contribution in [3.63, 3.8) is 0 Å². The van der Waals surface area contributed by atoms with E-state index in [1.54, 1.807) is 25.1 Å². The quantitative estimate of drug-likeness (QED) is 0.667. The van der Waals surface area contributed by atoms with E-state index in [9.17, 15) is 8.42 Å². The molecule has 0 aliphatic heterocycles. The van der Waals surface area contributed by atoms with Crippen LogP contribution in [0.5, 0.6) is 0 Å². The third-order valence-corrected chi connectivity index (χ3v) is 4.72. The molecule has 0 aliphatic carbocycles. The summed E-state index contributed by atoms with van der Waals surface area (Å²) in [7, 11) is -3.11. The molecule has 0 bridgehead atoms. The number of rotatable bonds is 2. The van der Waals surface area contributed by atoms with E-state index in [1.165, 1.54) is 0 Å². The van der Waals surface area contributed by atoms with E-state index in [4.69, 9.17) is 5.73 Å². The number of nitrogen functional groups attached to an aromatic ring is 1. The van der Waals surface area contributed by atoms with Gasteiger partial charge in [-0.3, -0.25) is 0 Å². The molecule has 72 valence electrons. The normalized spacial score (nSPS) is 11.5. The van der Waals surface area contributed by atoms with Crippen LogP contribution >= 0.6 is 22.6 Å². The molecule has 1 aromatic carbocycles. The summed E-state index contributed by atoms with van der Waals surface area (Å²) in [5.41, 5.74) is 6.10. The fraction of sp³-hybridized carbons (Fsp3) is 0.250. The van der Waals surface area contributed by atoms with Crippen molar-refractivity contribution in [1.29, 1.82) is 0 Å². The predicted molar refractivity (Wildman–Crippen MR) is 61.3 cm³/mol. The fourth-order valence-electron chi connectivity index (χ4n) is 0.925. The number of halogens is 1. The lowest BCUT2D eigenvalue weighted by Gasteiger charge is -2.04. The number of nitrogens with two attached hydrogens (primary N) is 1. The van der Waals surface area contributed by atoms with Crippen LogP contribution < -0.4 is 5.73 Å². The van der Waals surface area contributed by atoms with Crippen molar-refractivity contribution in [2.45, 2.75) is 11.8 Å². The molecule has 0 unspecified atom stereocenters. The third-order valence-electron chi connectivity index (χ3n) is 1.67. The second kappa shape index (κ2) is 3.83. The van der Waals surface area contributed by atoms with Gasteiger partial charge in [-0.25, -0.2) is 8.42 Å². The van der Waals surface area contributed by atoms with E-state index in [0.717, 1.165) is 0 Å². The van der Waals surface area contributed by atoms with Crippen LogP contribution in [0.4, 0.5) is 5.69 Å². The lowest BCUT2D eigenvalue weighted by molar-refractivity contribution is 0.597. The van der Waals surface area contributed by atoms with Crippen molar-refractivity contribution in [3.8, 4) is 0 Å². The molecule has 0 radical (unpaired) electrons. The van der Waals surface area contributed by atoms with Gasteiger partial charge in [0, 0.05) is 9.26 Å². The van der Waals surface area contributed by atoms with Crippen molar-refractivity contribution >= 4 is 38.1 Å². The Labute approximate surface area is 91.4 Å². The molecule has 0 fully saturated rings. The topological polar surface area (TPSA) is 60.2 Å². The molecule has 0 amide bonds. The zero-order chi connectivity index (χ0) is 10.1. The van der Waals surface area contributed by atoms with Gasteiger partial charge in [-0.1, -0.05) is 6.92 Å². The largest absolute Gasteiger partial charge is 0.399 e. The molecule has 0 aromatic heterocycles. The first-order valence-electron chi connectivity index (χ1n) is 3.75. The monoisotopic (exact) mass is 311 g/mol. The maximum Gasteiger partial charge on any atom is 0.179 e. The molecule has 0 spiro atoms. The Hall–Kier alpha value is -0.300. The highest BCUT2D eigenvalue weighted by Gasteiger charge is 2.14. The van der Waals surface area contributed by atoms with Crippen LogP contribution in [0.2, 0.25) is 0 Å². The summed E-state index contributed by atoms with van der Waals surface area (Å²) in [5, 5.41) is 0. The van der Waals surface area contributed by atoms with E-state index < -0.39 is 9.84 Å². The molecule has 1 aromatic rings. The molecular formula is C8H10INO2S. The van der Waals surface area contributed by atoms with Crippen molar-refractivity contribution in [2.75, 3.05) is 11.5 Å². The molecule has 0 atom stereocenters. The van der Waals surface area contributed by atoms with Gasteiger partial charge in [0.25, 0.3) is 0 Å². The Kier molecular flexibility index (Phi) is 3.18. The Balaban J connectivity index is 3.33. The van der Waals surface area contributed by atoms with Gasteiger partial charge in [0.1, 0.15) is 0 Å². The minimum absolute atomic E-state index is 0.118. The second-order valence-corrected chi connectivity index (χ2v) is 6.00. The van der Waals surface area contributed by atoms with Gasteiger partial charge in [0.2, 0.25) is 0 Å². The van der Waals surface area contributed by atoms with Crippen molar-refractivity contribution in [2.24, 2.45) is 0 Å². The Morgan fingerprint density at radius 2 is 2.08 bits per heavy atom. The van der Waals surface area contributed by atoms with Crippen LogP contribution in [0.15, 0.2) is 23.1 Å². The zero-order valence-corrected chi connectivity index (χ0v) is 10.1. The highest BCUT2D eigenvalue weighted by atomic mass is 127. The van der Waals surface area contributed by atoms with Gasteiger partial charge >= 0.3 is 0 Å². The zero-order valence-electron chi connectivity index (χ0n) is 7.12. The number of benzene rings is 1. The molecule has 1 rings (SSSR count). The van der Waals surface area contributed by atoms with E-state index in [2.05, 4.69) is 0 Å². The average Bonchev–Trinajstić information content (AvgIpc) is 2.03. The average molecular weight is 311 g/mol. The van der Waals surface area contributed by atoms with Crippen LogP contribution in [-0.4, -0.2) is 14.2 Å². The highest BCUT2D eigenvalue weighted by molar-refractivity contribution is 14.1. The minimum Gasteiger partial charge on any atom is -0.399 e. The van der Waals surface area contributed by atoms with Gasteiger partial charge in [-0.2, -0.15) is 0 Å². The number of hydrogen-bond donors (Lipinski definition) is 1. The Morgan fingerprint density at radius 1 is 1.46 bits per heavy atom. The Morgan fingerprint density at radius 3 is 2.54 bits per heavy atom. The molecule has 0 saturated carbocycles. The molecule has 0 heterocycles. The maximum absolute atomic E-state index is 11.5. The van der Waals surface area contributed by atoms with E-state index in [-0.39, 0.29) is 5.75 Å². The molecule has 0 saturated heterocycles. The van der Waals surface area contributed by atoms with Gasteiger partial charge in [0.05, 0.1) is 10.6 Å². The van der Waals surface area contributed by atoms with E-state index in [1.807, 2.05) is 22.6 Å². The molecule has 3 nitrogen and oxygen atoms in total. The van der Waals surface area contributed by atoms with E-state index in [0.29, 0.717) is 14.2 Å². The van der Waals surface area contributed by atoms with Crippen molar-refractivity contribution in [1.82, 2.24) is 0 Å². The van der Waals surface area contributed by atoms with Crippen LogP contribution in [0, 0.1) is 3.57 Å². The summed E-state index contributed by atoms with van der Waals surface area (Å²) in [6.07, 6.45) is 0. The number of hydrogen-bond acceptors (Lipinski definition) is 3. The van der Waals surface area contributed by atoms with Gasteiger partial charge in [0.15, 0.2) is 9.84 Å². The summed E-state index contributed by atoms with van der Waals surface area (Å²) in [5.74, 6) is 0.118. The highest BCUT2D eigenvalue weighted by Crippen LogP contribution is 2.21. The van der Waals surface area contributed by atoms with Gasteiger partial charge in [-0.15, -0.1) is 0 Å². The van der Waals surface area contributed by atoms with Gasteiger partial charge < -0.3 is 5.73 Å². The summed E-state index contributed by atoms with van der Waals surface area (Å²) in [4.78, 5) is 0.366. The standard InChI is InChI=1S/C8H10INO2S/c1-2-13(11,12)8-4-3-6(10)5-7(8)9/h3-5H,2,10H2,1H3. The van der Waals surface area contributed by atoms with Gasteiger partial charge in [-0.05, 0) is 40.8 Å². The van der Waals surface area contributed by atoms with Crippen LogP contribution in [-0.2, 0) is 9.84 Å². The van der Waals surface area contributed by atoms with Crippen LogP contribution in [0.3, 0.4) is 0 Å². The maximum atomic E-state index is 11.5. The number of sulfone groups is 1. The van der Waals surface area contributed by atoms with Crippen molar-refractivity contribution in [3.05, 3.63) is 21.8 Å². The van der Waals surface area contributed by atoms with Crippen LogP contribution in [0.25, 0.3) is 0 Å². The summed E-state index contributed by atoms with van der Waals surface area (Å²) in [6.45, 7) is 1.63.